The van der Waals surface area contributed by atoms with E-state index in [-0.39, 0.29) is 11.6 Å². The van der Waals surface area contributed by atoms with Crippen molar-refractivity contribution in [1.82, 2.24) is 20.3 Å². The van der Waals surface area contributed by atoms with Gasteiger partial charge >= 0.3 is 0 Å². The molecule has 3 aromatic rings. The molecule has 1 amide bonds. The molecule has 0 unspecified atom stereocenters. The van der Waals surface area contributed by atoms with Crippen molar-refractivity contribution >= 4 is 34.1 Å². The Morgan fingerprint density at radius 2 is 2.12 bits per heavy atom. The molecular formula is C19H20N6O. The molecule has 26 heavy (non-hydrogen) atoms. The number of amides is 1. The molecule has 0 radical (unpaired) electrons. The number of hydrogen-bond donors (Lipinski definition) is 3. The fourth-order valence-corrected chi connectivity index (χ4v) is 4.07. The van der Waals surface area contributed by atoms with Crippen LogP contribution in [-0.2, 0) is 0 Å². The topological polar surface area (TPSA) is 85.9 Å². The molecule has 1 spiro atoms. The van der Waals surface area contributed by atoms with Crippen molar-refractivity contribution < 1.29 is 4.79 Å². The molecular weight excluding hydrogens is 328 g/mol. The van der Waals surface area contributed by atoms with Crippen molar-refractivity contribution in [2.24, 2.45) is 0 Å². The van der Waals surface area contributed by atoms with E-state index >= 15 is 0 Å². The maximum Gasteiger partial charge on any atom is 0.255 e. The van der Waals surface area contributed by atoms with Gasteiger partial charge in [0.2, 0.25) is 0 Å². The number of aromatic amines is 1. The molecule has 5 rings (SSSR count). The highest BCUT2D eigenvalue weighted by Gasteiger charge is 2.46. The third kappa shape index (κ3) is 2.03. The van der Waals surface area contributed by atoms with Crippen LogP contribution in [0.3, 0.4) is 0 Å². The molecule has 7 nitrogen and oxygen atoms in total. The summed E-state index contributed by atoms with van der Waals surface area (Å²) >= 11 is 0. The number of nitrogens with zero attached hydrogens (tertiary/aromatic N) is 3. The molecule has 1 aliphatic heterocycles. The molecule has 1 saturated carbocycles. The van der Waals surface area contributed by atoms with Gasteiger partial charge in [-0.3, -0.25) is 4.79 Å². The average molecular weight is 348 g/mol. The number of aryl methyl sites for hydroxylation is 1. The van der Waals surface area contributed by atoms with E-state index in [9.17, 15) is 4.79 Å². The van der Waals surface area contributed by atoms with Gasteiger partial charge in [0.15, 0.2) is 0 Å². The Kier molecular flexibility index (Phi) is 3.04. The Balaban J connectivity index is 1.59. The van der Waals surface area contributed by atoms with Crippen LogP contribution in [-0.4, -0.2) is 33.6 Å². The molecule has 132 valence electrons. The Hall–Kier alpha value is -3.09. The number of nitrogens with one attached hydrogen (secondary N) is 3. The normalized spacial score (nSPS) is 17.8. The van der Waals surface area contributed by atoms with Crippen LogP contribution in [0.2, 0.25) is 0 Å². The first-order chi connectivity index (χ1) is 12.6. The quantitative estimate of drug-likeness (QED) is 0.663. The molecule has 7 heteroatoms. The molecule has 0 bridgehead atoms. The average Bonchev–Trinajstić information content (AvgIpc) is 3.06. The SMILES string of the molecule is Cc1cc(Nc2ncnc3[nH]ccc23)cc2c1C(=O)NC1(CCC1)N2C. The van der Waals surface area contributed by atoms with E-state index < -0.39 is 0 Å². The second kappa shape index (κ2) is 5.20. The molecule has 2 aliphatic rings. The summed E-state index contributed by atoms with van der Waals surface area (Å²) in [6.45, 7) is 1.97. The van der Waals surface area contributed by atoms with E-state index in [1.54, 1.807) is 0 Å². The predicted molar refractivity (Wildman–Crippen MR) is 101 cm³/mol. The summed E-state index contributed by atoms with van der Waals surface area (Å²) < 4.78 is 0. The summed E-state index contributed by atoms with van der Waals surface area (Å²) in [6, 6.07) is 5.99. The van der Waals surface area contributed by atoms with Gasteiger partial charge in [-0.05, 0) is 49.9 Å². The number of benzene rings is 1. The van der Waals surface area contributed by atoms with Crippen LogP contribution >= 0.6 is 0 Å². The molecule has 3 N–H and O–H groups in total. The van der Waals surface area contributed by atoms with E-state index in [0.29, 0.717) is 0 Å². The lowest BCUT2D eigenvalue weighted by Crippen LogP contribution is -2.66. The zero-order chi connectivity index (χ0) is 17.9. The monoisotopic (exact) mass is 348 g/mol. The molecule has 1 aromatic carbocycles. The van der Waals surface area contributed by atoms with Gasteiger partial charge in [0.25, 0.3) is 5.91 Å². The van der Waals surface area contributed by atoms with Gasteiger partial charge in [0, 0.05) is 18.9 Å². The van der Waals surface area contributed by atoms with Gasteiger partial charge in [-0.15, -0.1) is 0 Å². The smallest absolute Gasteiger partial charge is 0.255 e. The Labute approximate surface area is 150 Å². The summed E-state index contributed by atoms with van der Waals surface area (Å²) in [4.78, 5) is 26.6. The van der Waals surface area contributed by atoms with E-state index in [0.717, 1.165) is 58.6 Å². The largest absolute Gasteiger partial charge is 0.351 e. The maximum absolute atomic E-state index is 12.7. The lowest BCUT2D eigenvalue weighted by atomic mass is 9.80. The Morgan fingerprint density at radius 1 is 1.27 bits per heavy atom. The van der Waals surface area contributed by atoms with Crippen LogP contribution in [0.4, 0.5) is 17.2 Å². The number of rotatable bonds is 2. The van der Waals surface area contributed by atoms with Gasteiger partial charge in [0.1, 0.15) is 23.5 Å². The number of carbonyl (C=O) groups is 1. The molecule has 1 aliphatic carbocycles. The van der Waals surface area contributed by atoms with Crippen LogP contribution < -0.4 is 15.5 Å². The van der Waals surface area contributed by atoms with Crippen molar-refractivity contribution in [3.63, 3.8) is 0 Å². The lowest BCUT2D eigenvalue weighted by molar-refractivity contribution is 0.0802. The van der Waals surface area contributed by atoms with Gasteiger partial charge in [0.05, 0.1) is 16.6 Å². The van der Waals surface area contributed by atoms with Gasteiger partial charge in [-0.1, -0.05) is 0 Å². The Morgan fingerprint density at radius 3 is 2.88 bits per heavy atom. The van der Waals surface area contributed by atoms with Crippen LogP contribution in [0.5, 0.6) is 0 Å². The lowest BCUT2D eigenvalue weighted by Gasteiger charge is -2.53. The summed E-state index contributed by atoms with van der Waals surface area (Å²) in [6.07, 6.45) is 6.50. The highest BCUT2D eigenvalue weighted by molar-refractivity contribution is 6.05. The summed E-state index contributed by atoms with van der Waals surface area (Å²) in [5, 5.41) is 7.54. The summed E-state index contributed by atoms with van der Waals surface area (Å²) in [5.74, 6) is 0.772. The highest BCUT2D eigenvalue weighted by atomic mass is 16.2. The Bertz CT molecular complexity index is 1040. The van der Waals surface area contributed by atoms with E-state index in [4.69, 9.17) is 0 Å². The van der Waals surface area contributed by atoms with Crippen LogP contribution in [0.25, 0.3) is 11.0 Å². The highest BCUT2D eigenvalue weighted by Crippen LogP contribution is 2.43. The van der Waals surface area contributed by atoms with Crippen molar-refractivity contribution in [3.8, 4) is 0 Å². The third-order valence-corrected chi connectivity index (χ3v) is 5.69. The minimum atomic E-state index is -0.224. The van der Waals surface area contributed by atoms with E-state index in [2.05, 4.69) is 37.5 Å². The second-order valence-corrected chi connectivity index (χ2v) is 7.17. The van der Waals surface area contributed by atoms with E-state index in [1.165, 1.54) is 6.33 Å². The van der Waals surface area contributed by atoms with Gasteiger partial charge < -0.3 is 20.5 Å². The van der Waals surface area contributed by atoms with Crippen molar-refractivity contribution in [1.29, 1.82) is 0 Å². The van der Waals surface area contributed by atoms with Gasteiger partial charge in [-0.2, -0.15) is 0 Å². The first-order valence-corrected chi connectivity index (χ1v) is 8.83. The number of fused-ring (bicyclic) bond motifs is 2. The fourth-order valence-electron chi connectivity index (χ4n) is 4.07. The first-order valence-electron chi connectivity index (χ1n) is 8.83. The first kappa shape index (κ1) is 15.2. The number of anilines is 3. The third-order valence-electron chi connectivity index (χ3n) is 5.69. The van der Waals surface area contributed by atoms with Gasteiger partial charge in [-0.25, -0.2) is 9.97 Å². The number of aromatic nitrogens is 3. The fraction of sp³-hybridized carbons (Fsp3) is 0.316. The standard InChI is InChI=1S/C19H20N6O/c1-11-8-12(23-17-13-4-7-20-16(13)21-10-22-17)9-14-15(11)18(26)24-19(25(14)2)5-3-6-19/h4,7-10H,3,5-6H2,1-2H3,(H,24,26)(H2,20,21,22,23). The van der Waals surface area contributed by atoms with Crippen molar-refractivity contribution in [3.05, 3.63) is 41.9 Å². The molecule has 0 saturated heterocycles. The molecule has 0 atom stereocenters. The summed E-state index contributed by atoms with van der Waals surface area (Å²) in [7, 11) is 2.07. The second-order valence-electron chi connectivity index (χ2n) is 7.17. The maximum atomic E-state index is 12.7. The minimum Gasteiger partial charge on any atom is -0.351 e. The zero-order valence-corrected chi connectivity index (χ0v) is 14.8. The van der Waals surface area contributed by atoms with Crippen LogP contribution in [0, 0.1) is 6.92 Å². The number of carbonyl (C=O) groups excluding carboxylic acids is 1. The zero-order valence-electron chi connectivity index (χ0n) is 14.8. The van der Waals surface area contributed by atoms with Crippen LogP contribution in [0.1, 0.15) is 35.2 Å². The minimum absolute atomic E-state index is 0.0249. The number of hydrogen-bond acceptors (Lipinski definition) is 5. The molecule has 2 aromatic heterocycles. The van der Waals surface area contributed by atoms with Crippen molar-refractivity contribution in [2.45, 2.75) is 31.8 Å². The molecule has 1 fully saturated rings. The van der Waals surface area contributed by atoms with Crippen molar-refractivity contribution in [2.75, 3.05) is 17.3 Å². The predicted octanol–water partition coefficient (Wildman–Crippen LogP) is 3.07. The molecule has 3 heterocycles. The van der Waals surface area contributed by atoms with Crippen LogP contribution in [0.15, 0.2) is 30.7 Å². The summed E-state index contributed by atoms with van der Waals surface area (Å²) in [5.41, 5.74) is 4.15. The van der Waals surface area contributed by atoms with E-state index in [1.807, 2.05) is 31.3 Å². The number of H-pyrrole nitrogens is 1.